The molecule has 6 nitrogen and oxygen atoms in total. The summed E-state index contributed by atoms with van der Waals surface area (Å²) >= 11 is 0. The molecule has 4 rings (SSSR count). The number of rotatable bonds is 2. The molecule has 0 radical (unpaired) electrons. The van der Waals surface area contributed by atoms with Crippen LogP contribution in [0.25, 0.3) is 0 Å². The van der Waals surface area contributed by atoms with Gasteiger partial charge in [-0.1, -0.05) is 24.3 Å². The summed E-state index contributed by atoms with van der Waals surface area (Å²) in [6.07, 6.45) is 0. The van der Waals surface area contributed by atoms with Gasteiger partial charge in [0.25, 0.3) is 0 Å². The maximum atomic E-state index is 14.7. The van der Waals surface area contributed by atoms with E-state index in [2.05, 4.69) is 4.98 Å². The first-order valence-corrected chi connectivity index (χ1v) is 8.14. The highest BCUT2D eigenvalue weighted by Crippen LogP contribution is 2.51. The molecule has 0 bridgehead atoms. The van der Waals surface area contributed by atoms with E-state index in [1.807, 2.05) is 6.07 Å². The topological polar surface area (TPSA) is 107 Å². The summed E-state index contributed by atoms with van der Waals surface area (Å²) in [4.78, 5) is 4.19. The normalized spacial score (nSPS) is 14.5. The molecule has 1 unspecified atom stereocenters. The molecule has 1 aliphatic rings. The Labute approximate surface area is 154 Å². The number of nitrogen functional groups attached to an aromatic ring is 2. The molecular formula is C20H15FN4O2. The molecule has 0 amide bonds. The van der Waals surface area contributed by atoms with Gasteiger partial charge in [-0.05, 0) is 12.1 Å². The number of benzene rings is 2. The van der Waals surface area contributed by atoms with E-state index in [1.54, 1.807) is 43.5 Å². The molecule has 1 atom stereocenters. The Balaban J connectivity index is 2.06. The predicted octanol–water partition coefficient (Wildman–Crippen LogP) is 3.55. The summed E-state index contributed by atoms with van der Waals surface area (Å²) in [5.74, 6) is 0.165. The molecule has 0 fully saturated rings. The SMILES string of the molecule is COc1ccc2c(c1)Oc1nc(N)c(C#N)c(N)c1C2c1ccccc1F. The average molecular weight is 362 g/mol. The molecule has 7 heteroatoms. The highest BCUT2D eigenvalue weighted by atomic mass is 19.1. The first-order valence-electron chi connectivity index (χ1n) is 8.14. The van der Waals surface area contributed by atoms with Crippen LogP contribution in [0.4, 0.5) is 15.9 Å². The van der Waals surface area contributed by atoms with Crippen molar-refractivity contribution in [2.45, 2.75) is 5.92 Å². The zero-order valence-corrected chi connectivity index (χ0v) is 14.4. The van der Waals surface area contributed by atoms with Crippen LogP contribution < -0.4 is 20.9 Å². The number of halogens is 1. The molecule has 27 heavy (non-hydrogen) atoms. The minimum atomic E-state index is -0.601. The second-order valence-electron chi connectivity index (χ2n) is 6.08. The summed E-state index contributed by atoms with van der Waals surface area (Å²) in [5, 5.41) is 9.39. The Bertz CT molecular complexity index is 1110. The van der Waals surface area contributed by atoms with Crippen molar-refractivity contribution in [2.24, 2.45) is 0 Å². The van der Waals surface area contributed by atoms with Crippen LogP contribution in [0.5, 0.6) is 17.4 Å². The lowest BCUT2D eigenvalue weighted by molar-refractivity contribution is 0.400. The maximum Gasteiger partial charge on any atom is 0.227 e. The Kier molecular flexibility index (Phi) is 3.81. The molecule has 1 aliphatic heterocycles. The molecule has 1 aromatic heterocycles. The van der Waals surface area contributed by atoms with Gasteiger partial charge >= 0.3 is 0 Å². The first kappa shape index (κ1) is 16.7. The van der Waals surface area contributed by atoms with Crippen molar-refractivity contribution in [3.8, 4) is 23.4 Å². The molecule has 0 spiro atoms. The predicted molar refractivity (Wildman–Crippen MR) is 98.2 cm³/mol. The average Bonchev–Trinajstić information content (AvgIpc) is 2.66. The summed E-state index contributed by atoms with van der Waals surface area (Å²) in [6, 6.07) is 13.6. The lowest BCUT2D eigenvalue weighted by Gasteiger charge is -2.30. The quantitative estimate of drug-likeness (QED) is 0.565. The van der Waals surface area contributed by atoms with Crippen molar-refractivity contribution >= 4 is 11.5 Å². The van der Waals surface area contributed by atoms with E-state index in [0.717, 1.165) is 0 Å². The van der Waals surface area contributed by atoms with E-state index in [1.165, 1.54) is 6.07 Å². The van der Waals surface area contributed by atoms with Gasteiger partial charge in [-0.2, -0.15) is 10.2 Å². The monoisotopic (exact) mass is 362 g/mol. The van der Waals surface area contributed by atoms with E-state index >= 15 is 0 Å². The number of nitrogens with zero attached hydrogens (tertiary/aromatic N) is 2. The first-order chi connectivity index (χ1) is 13.0. The number of ether oxygens (including phenoxy) is 2. The van der Waals surface area contributed by atoms with Gasteiger partial charge in [0.05, 0.1) is 18.4 Å². The number of hydrogen-bond acceptors (Lipinski definition) is 6. The van der Waals surface area contributed by atoms with Gasteiger partial charge in [0.2, 0.25) is 5.88 Å². The van der Waals surface area contributed by atoms with Gasteiger partial charge in [-0.15, -0.1) is 0 Å². The van der Waals surface area contributed by atoms with Crippen LogP contribution in [-0.4, -0.2) is 12.1 Å². The third-order valence-electron chi connectivity index (χ3n) is 4.62. The number of fused-ring (bicyclic) bond motifs is 2. The lowest BCUT2D eigenvalue weighted by Crippen LogP contribution is -2.18. The van der Waals surface area contributed by atoms with Crippen LogP contribution in [0, 0.1) is 17.1 Å². The number of nitrogens with two attached hydrogens (primary N) is 2. The molecule has 0 saturated heterocycles. The summed E-state index contributed by atoms with van der Waals surface area (Å²) in [6.45, 7) is 0. The summed E-state index contributed by atoms with van der Waals surface area (Å²) in [7, 11) is 1.54. The fourth-order valence-electron chi connectivity index (χ4n) is 3.35. The van der Waals surface area contributed by atoms with Gasteiger partial charge < -0.3 is 20.9 Å². The van der Waals surface area contributed by atoms with Crippen LogP contribution in [-0.2, 0) is 0 Å². The Morgan fingerprint density at radius 3 is 2.67 bits per heavy atom. The highest BCUT2D eigenvalue weighted by molar-refractivity contribution is 5.75. The third kappa shape index (κ3) is 2.50. The fraction of sp³-hybridized carbons (Fsp3) is 0.100. The zero-order chi connectivity index (χ0) is 19.1. The van der Waals surface area contributed by atoms with E-state index in [9.17, 15) is 9.65 Å². The number of pyridine rings is 1. The fourth-order valence-corrected chi connectivity index (χ4v) is 3.35. The largest absolute Gasteiger partial charge is 0.497 e. The van der Waals surface area contributed by atoms with Gasteiger partial charge in [-0.3, -0.25) is 0 Å². The van der Waals surface area contributed by atoms with E-state index in [-0.39, 0.29) is 22.9 Å². The third-order valence-corrected chi connectivity index (χ3v) is 4.62. The Morgan fingerprint density at radius 1 is 1.19 bits per heavy atom. The van der Waals surface area contributed by atoms with E-state index < -0.39 is 11.7 Å². The molecule has 4 N–H and O–H groups in total. The van der Waals surface area contributed by atoms with Crippen LogP contribution in [0.2, 0.25) is 0 Å². The summed E-state index contributed by atoms with van der Waals surface area (Å²) in [5.41, 5.74) is 13.8. The molecule has 2 heterocycles. The molecular weight excluding hydrogens is 347 g/mol. The van der Waals surface area contributed by atoms with Crippen molar-refractivity contribution < 1.29 is 13.9 Å². The molecule has 0 saturated carbocycles. The van der Waals surface area contributed by atoms with Gasteiger partial charge in [0, 0.05) is 23.1 Å². The van der Waals surface area contributed by atoms with Crippen LogP contribution in [0.1, 0.15) is 28.2 Å². The van der Waals surface area contributed by atoms with Gasteiger partial charge in [-0.25, -0.2) is 4.39 Å². The standard InChI is InChI=1S/C20H15FN4O2/c1-26-10-6-7-12-15(8-10)27-20-17(18(23)13(9-22)19(24)25-20)16(12)11-4-2-3-5-14(11)21/h2-8,16H,1H3,(H4,23,24,25). The second-order valence-corrected chi connectivity index (χ2v) is 6.08. The highest BCUT2D eigenvalue weighted by Gasteiger charge is 2.35. The number of hydrogen-bond donors (Lipinski definition) is 2. The van der Waals surface area contributed by atoms with Gasteiger partial charge in [0.15, 0.2) is 0 Å². The number of aromatic nitrogens is 1. The van der Waals surface area contributed by atoms with Crippen molar-refractivity contribution in [1.82, 2.24) is 4.98 Å². The minimum Gasteiger partial charge on any atom is -0.497 e. The maximum absolute atomic E-state index is 14.7. The van der Waals surface area contributed by atoms with Gasteiger partial charge in [0.1, 0.15) is 34.8 Å². The van der Waals surface area contributed by atoms with E-state index in [0.29, 0.717) is 28.2 Å². The van der Waals surface area contributed by atoms with E-state index in [4.69, 9.17) is 20.9 Å². The minimum absolute atomic E-state index is 0.0348. The smallest absolute Gasteiger partial charge is 0.227 e. The van der Waals surface area contributed by atoms with Crippen molar-refractivity contribution in [1.29, 1.82) is 5.26 Å². The lowest BCUT2D eigenvalue weighted by atomic mass is 9.82. The van der Waals surface area contributed by atoms with Crippen molar-refractivity contribution in [3.05, 3.63) is 70.5 Å². The molecule has 134 valence electrons. The number of anilines is 2. The molecule has 0 aliphatic carbocycles. The zero-order valence-electron chi connectivity index (χ0n) is 14.4. The summed E-state index contributed by atoms with van der Waals surface area (Å²) < 4.78 is 25.8. The van der Waals surface area contributed by atoms with Crippen LogP contribution >= 0.6 is 0 Å². The molecule has 3 aromatic rings. The number of nitriles is 1. The second kappa shape index (κ2) is 6.18. The Hall–Kier alpha value is -3.79. The van der Waals surface area contributed by atoms with Crippen LogP contribution in [0.3, 0.4) is 0 Å². The molecule has 2 aromatic carbocycles. The number of methoxy groups -OCH3 is 1. The van der Waals surface area contributed by atoms with Crippen molar-refractivity contribution in [3.63, 3.8) is 0 Å². The van der Waals surface area contributed by atoms with Crippen molar-refractivity contribution in [2.75, 3.05) is 18.6 Å². The van der Waals surface area contributed by atoms with Crippen LogP contribution in [0.15, 0.2) is 42.5 Å². The Morgan fingerprint density at radius 2 is 1.96 bits per heavy atom.